The van der Waals surface area contributed by atoms with Gasteiger partial charge >= 0.3 is 11.3 Å². The molecule has 0 aliphatic rings. The first kappa shape index (κ1) is 34.3. The number of aryl methyl sites for hydroxylation is 1. The van der Waals surface area contributed by atoms with Gasteiger partial charge in [-0.1, -0.05) is 78.6 Å². The van der Waals surface area contributed by atoms with Crippen LogP contribution < -0.4 is 18.4 Å². The summed E-state index contributed by atoms with van der Waals surface area (Å²) in [5, 5.41) is 7.85. The fourth-order valence-corrected chi connectivity index (χ4v) is 5.69. The molecule has 0 aliphatic carbocycles. The number of benzene rings is 2. The van der Waals surface area contributed by atoms with Gasteiger partial charge in [0.2, 0.25) is 0 Å². The summed E-state index contributed by atoms with van der Waals surface area (Å²) in [5.74, 6) is 3.30. The van der Waals surface area contributed by atoms with E-state index in [9.17, 15) is 4.21 Å². The molecule has 0 saturated carbocycles. The fourth-order valence-electron chi connectivity index (χ4n) is 5.03. The highest BCUT2D eigenvalue weighted by atomic mass is 32.2. The Morgan fingerprint density at radius 1 is 0.800 bits per heavy atom. The minimum atomic E-state index is -1.74. The van der Waals surface area contributed by atoms with Crippen molar-refractivity contribution in [1.82, 2.24) is 19.8 Å². The predicted octanol–water partition coefficient (Wildman–Crippen LogP) is 8.95. The lowest BCUT2D eigenvalue weighted by Gasteiger charge is -2.10. The Hall–Kier alpha value is -3.53. The molecule has 2 aromatic heterocycles. The Kier molecular flexibility index (Phi) is 14.6. The second-order valence-corrected chi connectivity index (χ2v) is 12.6. The highest BCUT2D eigenvalue weighted by Crippen LogP contribution is 2.22. The molecule has 246 valence electrons. The molecule has 9 nitrogen and oxygen atoms in total. The molecule has 2 unspecified atom stereocenters. The molecule has 4 aromatic rings. The van der Waals surface area contributed by atoms with Gasteiger partial charge in [-0.25, -0.2) is 4.98 Å². The maximum atomic E-state index is 12.5. The number of aromatic amines is 1. The number of fused-ring (bicyclic) bond motifs is 1. The number of ether oxygens (including phenoxy) is 2. The number of rotatable bonds is 23. The van der Waals surface area contributed by atoms with Crippen LogP contribution in [0.4, 0.5) is 5.69 Å². The normalized spacial score (nSPS) is 12.7. The lowest BCUT2D eigenvalue weighted by Crippen LogP contribution is -2.11. The molecule has 0 saturated heterocycles. The number of unbranched alkanes of at least 4 members (excludes halogenated alkanes) is 9. The summed E-state index contributed by atoms with van der Waals surface area (Å²) in [4.78, 5) is 4.61. The lowest BCUT2D eigenvalue weighted by atomic mass is 10.1. The van der Waals surface area contributed by atoms with Crippen LogP contribution in [0.15, 0.2) is 54.6 Å². The van der Waals surface area contributed by atoms with Crippen LogP contribution in [0.25, 0.3) is 5.65 Å². The van der Waals surface area contributed by atoms with Crippen molar-refractivity contribution in [3.8, 4) is 17.2 Å². The molecule has 0 aliphatic heterocycles. The highest BCUT2D eigenvalue weighted by molar-refractivity contribution is 7.81. The molecule has 0 spiro atoms. The van der Waals surface area contributed by atoms with Gasteiger partial charge in [0.15, 0.2) is 11.5 Å². The summed E-state index contributed by atoms with van der Waals surface area (Å²) >= 11 is -1.74. The van der Waals surface area contributed by atoms with Gasteiger partial charge in [0.25, 0.3) is 0 Å². The summed E-state index contributed by atoms with van der Waals surface area (Å²) < 4.78 is 34.4. The van der Waals surface area contributed by atoms with Crippen LogP contribution in [0.2, 0.25) is 0 Å². The van der Waals surface area contributed by atoms with Crippen LogP contribution in [0.1, 0.15) is 115 Å². The molecule has 45 heavy (non-hydrogen) atoms. The third-order valence-corrected chi connectivity index (χ3v) is 8.72. The molecule has 0 amide bonds. The molecule has 0 fully saturated rings. The lowest BCUT2D eigenvalue weighted by molar-refractivity contribution is 0.304. The van der Waals surface area contributed by atoms with E-state index < -0.39 is 11.3 Å². The van der Waals surface area contributed by atoms with E-state index in [-0.39, 0.29) is 0 Å². The Balaban J connectivity index is 1.06. The van der Waals surface area contributed by atoms with E-state index in [4.69, 9.17) is 13.7 Å². The van der Waals surface area contributed by atoms with Crippen molar-refractivity contribution in [1.29, 1.82) is 0 Å². The van der Waals surface area contributed by atoms with E-state index in [1.54, 1.807) is 16.8 Å². The van der Waals surface area contributed by atoms with Crippen LogP contribution >= 0.6 is 0 Å². The van der Waals surface area contributed by atoms with Crippen molar-refractivity contribution < 1.29 is 17.9 Å². The Morgan fingerprint density at radius 2 is 1.38 bits per heavy atom. The topological polar surface area (TPSA) is 103 Å². The summed E-state index contributed by atoms with van der Waals surface area (Å²) in [6.45, 7) is 7.88. The summed E-state index contributed by atoms with van der Waals surface area (Å²) in [6.07, 6.45) is 15.6. The minimum Gasteiger partial charge on any atom is -0.494 e. The third kappa shape index (κ3) is 12.1. The van der Waals surface area contributed by atoms with E-state index in [0.29, 0.717) is 30.6 Å². The molecule has 0 bridgehead atoms. The molecule has 2 heterocycles. The number of nitrogens with zero attached hydrogens (tertiary/aromatic N) is 3. The molecule has 2 atom stereocenters. The van der Waals surface area contributed by atoms with Gasteiger partial charge in [-0.3, -0.25) is 9.82 Å². The van der Waals surface area contributed by atoms with Gasteiger partial charge in [0.05, 0.1) is 13.2 Å². The smallest absolute Gasteiger partial charge is 0.316 e. The Bertz CT molecular complexity index is 1370. The summed E-state index contributed by atoms with van der Waals surface area (Å²) in [6, 6.07) is 16.6. The second kappa shape index (κ2) is 19.1. The average molecular weight is 638 g/mol. The van der Waals surface area contributed by atoms with Crippen molar-refractivity contribution in [2.24, 2.45) is 0 Å². The van der Waals surface area contributed by atoms with Crippen LogP contribution in [0.5, 0.6) is 17.2 Å². The molecule has 0 radical (unpaired) electrons. The predicted molar refractivity (Wildman–Crippen MR) is 182 cm³/mol. The molecule has 10 heteroatoms. The van der Waals surface area contributed by atoms with Crippen LogP contribution in [-0.2, 0) is 17.7 Å². The van der Waals surface area contributed by atoms with Gasteiger partial charge in [0, 0.05) is 23.9 Å². The first-order chi connectivity index (χ1) is 22.0. The number of anilines is 1. The first-order valence-electron chi connectivity index (χ1n) is 16.8. The van der Waals surface area contributed by atoms with Gasteiger partial charge < -0.3 is 13.7 Å². The molecular formula is C35H51N5O4S. The number of aromatic nitrogens is 4. The average Bonchev–Trinajstić information content (AvgIpc) is 3.62. The molecule has 2 aromatic carbocycles. The van der Waals surface area contributed by atoms with Crippen LogP contribution in [0.3, 0.4) is 0 Å². The molecule has 2 N–H and O–H groups in total. The van der Waals surface area contributed by atoms with Crippen molar-refractivity contribution in [3.63, 3.8) is 0 Å². The maximum Gasteiger partial charge on any atom is 0.316 e. The minimum absolute atomic E-state index is 0.459. The largest absolute Gasteiger partial charge is 0.494 e. The zero-order valence-corrected chi connectivity index (χ0v) is 28.1. The second-order valence-electron chi connectivity index (χ2n) is 11.7. The summed E-state index contributed by atoms with van der Waals surface area (Å²) in [7, 11) is 0. The van der Waals surface area contributed by atoms with Gasteiger partial charge in [0.1, 0.15) is 17.2 Å². The van der Waals surface area contributed by atoms with E-state index in [2.05, 4.69) is 46.7 Å². The van der Waals surface area contributed by atoms with Crippen molar-refractivity contribution in [3.05, 3.63) is 66.1 Å². The first-order valence-corrected chi connectivity index (χ1v) is 17.9. The maximum absolute atomic E-state index is 12.5. The van der Waals surface area contributed by atoms with E-state index in [0.717, 1.165) is 54.3 Å². The molecule has 4 rings (SSSR count). The van der Waals surface area contributed by atoms with E-state index in [1.807, 2.05) is 36.4 Å². The summed E-state index contributed by atoms with van der Waals surface area (Å²) in [5.41, 5.74) is 2.68. The van der Waals surface area contributed by atoms with E-state index in [1.165, 1.54) is 57.8 Å². The van der Waals surface area contributed by atoms with Crippen molar-refractivity contribution >= 4 is 22.6 Å². The van der Waals surface area contributed by atoms with Gasteiger partial charge in [-0.05, 0) is 73.7 Å². The number of hydrogen-bond acceptors (Lipinski definition) is 6. The zero-order valence-electron chi connectivity index (χ0n) is 27.3. The van der Waals surface area contributed by atoms with Crippen LogP contribution in [-0.4, -0.2) is 37.2 Å². The van der Waals surface area contributed by atoms with E-state index >= 15 is 0 Å². The third-order valence-electron chi connectivity index (χ3n) is 7.97. The Morgan fingerprint density at radius 3 is 2.00 bits per heavy atom. The Labute approximate surface area is 271 Å². The fraction of sp³-hybridized carbons (Fsp3) is 0.543. The number of nitrogens with one attached hydrogen (secondary N) is 2. The van der Waals surface area contributed by atoms with Crippen molar-refractivity contribution in [2.75, 3.05) is 17.9 Å². The van der Waals surface area contributed by atoms with Gasteiger partial charge in [-0.2, -0.15) is 8.84 Å². The van der Waals surface area contributed by atoms with Gasteiger partial charge in [-0.15, -0.1) is 5.10 Å². The quantitative estimate of drug-likeness (QED) is 0.0787. The monoisotopic (exact) mass is 637 g/mol. The molecular weight excluding hydrogens is 586 g/mol. The van der Waals surface area contributed by atoms with Crippen molar-refractivity contribution in [2.45, 2.75) is 110 Å². The SMILES string of the molecule is CCCCCCCCCCCCOc1ccc(OS(=O)Nc2ccc(OCCCc3nc4cc(C(C)CC)[nH]n4n3)cc2)cc1. The number of hydrogen-bond donors (Lipinski definition) is 2. The number of H-pyrrole nitrogens is 1. The highest BCUT2D eigenvalue weighted by Gasteiger charge is 2.11. The van der Waals surface area contributed by atoms with Crippen LogP contribution in [0, 0.1) is 0 Å². The zero-order chi connectivity index (χ0) is 31.7. The standard InChI is InChI=1S/C35H51N5O4S/c1-4-6-7-8-9-10-11-12-13-14-25-42-31-21-23-32(24-22-31)44-45(41)39-29-17-19-30(20-18-29)43-26-15-16-34-36-35-27-33(28(3)5-2)37-40(35)38-34/h17-24,27-28,37,39H,4-16,25-26H2,1-3H3.